The Morgan fingerprint density at radius 3 is 3.11 bits per heavy atom. The lowest BCUT2D eigenvalue weighted by Gasteiger charge is -2.17. The molecule has 3 rings (SSSR count). The van der Waals surface area contributed by atoms with Crippen LogP contribution >= 0.6 is 0 Å². The van der Waals surface area contributed by atoms with E-state index in [2.05, 4.69) is 25.2 Å². The maximum atomic E-state index is 4.58. The normalized spacial score (nSPS) is 19.6. The van der Waals surface area contributed by atoms with E-state index in [1.165, 1.54) is 6.42 Å². The summed E-state index contributed by atoms with van der Waals surface area (Å²) < 4.78 is 0. The van der Waals surface area contributed by atoms with Crippen LogP contribution in [-0.4, -0.2) is 41.6 Å². The Morgan fingerprint density at radius 1 is 1.33 bits per heavy atom. The topological polar surface area (TPSA) is 53.9 Å². The summed E-state index contributed by atoms with van der Waals surface area (Å²) in [5.41, 5.74) is 1.58. The zero-order chi connectivity index (χ0) is 12.4. The van der Waals surface area contributed by atoms with Crippen molar-refractivity contribution in [2.75, 3.05) is 31.6 Å². The van der Waals surface area contributed by atoms with Gasteiger partial charge in [-0.1, -0.05) is 0 Å². The summed E-state index contributed by atoms with van der Waals surface area (Å²) in [5.74, 6) is 1.73. The molecule has 1 aliphatic heterocycles. The first-order chi connectivity index (χ1) is 8.86. The molecular formula is C13H17N5. The van der Waals surface area contributed by atoms with Crippen molar-refractivity contribution in [2.45, 2.75) is 6.42 Å². The van der Waals surface area contributed by atoms with Gasteiger partial charge in [-0.05, 0) is 38.1 Å². The van der Waals surface area contributed by atoms with Crippen molar-refractivity contribution in [3.05, 3.63) is 24.5 Å². The largest absolute Gasteiger partial charge is 0.356 e. The first-order valence-electron chi connectivity index (χ1n) is 6.34. The van der Waals surface area contributed by atoms with E-state index in [0.29, 0.717) is 5.92 Å². The molecule has 0 aliphatic carbocycles. The van der Waals surface area contributed by atoms with Crippen molar-refractivity contribution < 1.29 is 0 Å². The van der Waals surface area contributed by atoms with E-state index in [1.807, 2.05) is 19.2 Å². The average Bonchev–Trinajstić information content (AvgIpc) is 2.87. The zero-order valence-corrected chi connectivity index (χ0v) is 10.5. The van der Waals surface area contributed by atoms with Gasteiger partial charge < -0.3 is 10.2 Å². The van der Waals surface area contributed by atoms with Crippen LogP contribution in [0.4, 0.5) is 5.82 Å². The molecule has 0 saturated carbocycles. The smallest absolute Gasteiger partial charge is 0.180 e. The first kappa shape index (κ1) is 11.3. The molecule has 18 heavy (non-hydrogen) atoms. The minimum Gasteiger partial charge on any atom is -0.356 e. The van der Waals surface area contributed by atoms with Gasteiger partial charge in [0.25, 0.3) is 0 Å². The van der Waals surface area contributed by atoms with Crippen LogP contribution in [0.2, 0.25) is 0 Å². The van der Waals surface area contributed by atoms with Crippen LogP contribution in [0, 0.1) is 5.92 Å². The fourth-order valence-electron chi connectivity index (χ4n) is 2.52. The van der Waals surface area contributed by atoms with Gasteiger partial charge in [-0.3, -0.25) is 4.98 Å². The number of nitrogens with zero attached hydrogens (tertiary/aromatic N) is 4. The summed E-state index contributed by atoms with van der Waals surface area (Å²) in [5, 5.41) is 3.24. The molecule has 0 radical (unpaired) electrons. The highest BCUT2D eigenvalue weighted by Gasteiger charge is 2.22. The second-order valence-electron chi connectivity index (χ2n) is 4.73. The molecular weight excluding hydrogens is 226 g/mol. The molecule has 1 aliphatic rings. The van der Waals surface area contributed by atoms with Gasteiger partial charge in [0.1, 0.15) is 11.3 Å². The molecule has 94 valence electrons. The van der Waals surface area contributed by atoms with Gasteiger partial charge in [0, 0.05) is 25.5 Å². The highest BCUT2D eigenvalue weighted by molar-refractivity contribution is 5.71. The van der Waals surface area contributed by atoms with Crippen LogP contribution in [0.5, 0.6) is 0 Å². The molecule has 1 N–H and O–H groups in total. The molecule has 1 atom stereocenters. The third kappa shape index (κ3) is 2.13. The molecule has 0 bridgehead atoms. The molecule has 5 nitrogen and oxygen atoms in total. The van der Waals surface area contributed by atoms with Crippen LogP contribution in [0.15, 0.2) is 24.5 Å². The Bertz CT molecular complexity index is 542. The quantitative estimate of drug-likeness (QED) is 0.874. The Balaban J connectivity index is 1.82. The van der Waals surface area contributed by atoms with Gasteiger partial charge in [-0.25, -0.2) is 9.97 Å². The predicted molar refractivity (Wildman–Crippen MR) is 71.6 cm³/mol. The van der Waals surface area contributed by atoms with E-state index in [4.69, 9.17) is 0 Å². The summed E-state index contributed by atoms with van der Waals surface area (Å²) in [6.45, 7) is 3.22. The number of anilines is 1. The van der Waals surface area contributed by atoms with E-state index in [-0.39, 0.29) is 0 Å². The average molecular weight is 243 g/mol. The SMILES string of the molecule is CNCC1CCN(c2ccc3nccnc3n2)C1. The molecule has 3 heterocycles. The third-order valence-electron chi connectivity index (χ3n) is 3.42. The van der Waals surface area contributed by atoms with Crippen LogP contribution < -0.4 is 10.2 Å². The van der Waals surface area contributed by atoms with Gasteiger partial charge in [0.05, 0.1) is 0 Å². The minimum absolute atomic E-state index is 0.717. The lowest BCUT2D eigenvalue weighted by molar-refractivity contribution is 0.549. The molecule has 1 unspecified atom stereocenters. The molecule has 5 heteroatoms. The number of fused-ring (bicyclic) bond motifs is 1. The number of aromatic nitrogens is 3. The monoisotopic (exact) mass is 243 g/mol. The highest BCUT2D eigenvalue weighted by Crippen LogP contribution is 2.22. The van der Waals surface area contributed by atoms with Crippen LogP contribution in [0.25, 0.3) is 11.2 Å². The number of pyridine rings is 1. The van der Waals surface area contributed by atoms with Crippen molar-refractivity contribution in [3.63, 3.8) is 0 Å². The Kier molecular flexibility index (Phi) is 3.06. The molecule has 2 aromatic rings. The van der Waals surface area contributed by atoms with Crippen molar-refractivity contribution in [3.8, 4) is 0 Å². The van der Waals surface area contributed by atoms with Crippen LogP contribution in [0.3, 0.4) is 0 Å². The predicted octanol–water partition coefficient (Wildman–Crippen LogP) is 1.07. The number of hydrogen-bond donors (Lipinski definition) is 1. The molecule has 0 amide bonds. The molecule has 2 aromatic heterocycles. The Labute approximate surface area is 106 Å². The van der Waals surface area contributed by atoms with E-state index >= 15 is 0 Å². The number of rotatable bonds is 3. The van der Waals surface area contributed by atoms with Crippen LogP contribution in [0.1, 0.15) is 6.42 Å². The van der Waals surface area contributed by atoms with Crippen molar-refractivity contribution in [2.24, 2.45) is 5.92 Å². The zero-order valence-electron chi connectivity index (χ0n) is 10.5. The van der Waals surface area contributed by atoms with Gasteiger partial charge in [0.15, 0.2) is 5.65 Å². The lowest BCUT2D eigenvalue weighted by Crippen LogP contribution is -2.24. The summed E-state index contributed by atoms with van der Waals surface area (Å²) in [6.07, 6.45) is 4.61. The third-order valence-corrected chi connectivity index (χ3v) is 3.42. The first-order valence-corrected chi connectivity index (χ1v) is 6.34. The second-order valence-corrected chi connectivity index (χ2v) is 4.73. The summed E-state index contributed by atoms with van der Waals surface area (Å²) in [6, 6.07) is 4.04. The Morgan fingerprint density at radius 2 is 2.22 bits per heavy atom. The fourth-order valence-corrected chi connectivity index (χ4v) is 2.52. The van der Waals surface area contributed by atoms with Gasteiger partial charge in [-0.15, -0.1) is 0 Å². The number of nitrogens with one attached hydrogen (secondary N) is 1. The molecule has 1 saturated heterocycles. The van der Waals surface area contributed by atoms with Crippen LogP contribution in [-0.2, 0) is 0 Å². The fraction of sp³-hybridized carbons (Fsp3) is 0.462. The van der Waals surface area contributed by atoms with E-state index in [1.54, 1.807) is 12.4 Å². The van der Waals surface area contributed by atoms with E-state index in [0.717, 1.165) is 36.6 Å². The highest BCUT2D eigenvalue weighted by atomic mass is 15.2. The van der Waals surface area contributed by atoms with Crippen molar-refractivity contribution in [1.29, 1.82) is 0 Å². The lowest BCUT2D eigenvalue weighted by atomic mass is 10.1. The van der Waals surface area contributed by atoms with E-state index in [9.17, 15) is 0 Å². The Hall–Kier alpha value is -1.75. The maximum Gasteiger partial charge on any atom is 0.180 e. The second kappa shape index (κ2) is 4.86. The number of hydrogen-bond acceptors (Lipinski definition) is 5. The summed E-state index contributed by atoms with van der Waals surface area (Å²) >= 11 is 0. The molecule has 1 fully saturated rings. The molecule has 0 aromatic carbocycles. The van der Waals surface area contributed by atoms with Gasteiger partial charge in [0.2, 0.25) is 0 Å². The van der Waals surface area contributed by atoms with Gasteiger partial charge in [-0.2, -0.15) is 0 Å². The minimum atomic E-state index is 0.717. The standard InChI is InChI=1S/C13H17N5/c1-14-8-10-4-7-18(9-10)12-3-2-11-13(17-12)16-6-5-15-11/h2-3,5-6,10,14H,4,7-9H2,1H3. The van der Waals surface area contributed by atoms with Gasteiger partial charge >= 0.3 is 0 Å². The van der Waals surface area contributed by atoms with Crippen molar-refractivity contribution in [1.82, 2.24) is 20.3 Å². The maximum absolute atomic E-state index is 4.58. The summed E-state index contributed by atoms with van der Waals surface area (Å²) in [7, 11) is 2.01. The van der Waals surface area contributed by atoms with Crippen molar-refractivity contribution >= 4 is 17.0 Å². The molecule has 0 spiro atoms. The van der Waals surface area contributed by atoms with E-state index < -0.39 is 0 Å². The summed E-state index contributed by atoms with van der Waals surface area (Å²) in [4.78, 5) is 15.4.